The van der Waals surface area contributed by atoms with E-state index in [1.54, 1.807) is 28.9 Å². The quantitative estimate of drug-likeness (QED) is 0.648. The second kappa shape index (κ2) is 7.59. The summed E-state index contributed by atoms with van der Waals surface area (Å²) >= 11 is 0. The zero-order valence-corrected chi connectivity index (χ0v) is 17.0. The molecule has 0 saturated carbocycles. The fraction of sp³-hybridized carbons (Fsp3) is 0.217. The van der Waals surface area contributed by atoms with Gasteiger partial charge in [-0.2, -0.15) is 5.10 Å². The maximum atomic E-state index is 13.0. The van der Waals surface area contributed by atoms with Crippen LogP contribution >= 0.6 is 0 Å². The van der Waals surface area contributed by atoms with Gasteiger partial charge in [-0.1, -0.05) is 42.0 Å². The number of aromatic nitrogens is 2. The summed E-state index contributed by atoms with van der Waals surface area (Å²) in [6.07, 6.45) is -0.0142. The predicted octanol–water partition coefficient (Wildman–Crippen LogP) is 3.89. The van der Waals surface area contributed by atoms with Crippen molar-refractivity contribution in [2.75, 3.05) is 10.6 Å². The van der Waals surface area contributed by atoms with Crippen molar-refractivity contribution < 1.29 is 14.4 Å². The largest absolute Gasteiger partial charge is 0.324 e. The average molecular weight is 402 g/mol. The third kappa shape index (κ3) is 3.61. The maximum absolute atomic E-state index is 13.0. The number of anilines is 2. The third-order valence-corrected chi connectivity index (χ3v) is 5.24. The van der Waals surface area contributed by atoms with E-state index in [0.29, 0.717) is 17.1 Å². The Labute approximate surface area is 174 Å². The van der Waals surface area contributed by atoms with Gasteiger partial charge >= 0.3 is 0 Å². The molecule has 2 heterocycles. The molecule has 1 aliphatic heterocycles. The molecule has 1 atom stereocenters. The van der Waals surface area contributed by atoms with Crippen molar-refractivity contribution in [1.29, 1.82) is 0 Å². The van der Waals surface area contributed by atoms with Crippen molar-refractivity contribution in [3.05, 3.63) is 65.2 Å². The number of ketones is 1. The molecule has 2 aromatic carbocycles. The molecular weight excluding hydrogens is 380 g/mol. The number of nitrogens with one attached hydrogen (secondary N) is 2. The monoisotopic (exact) mass is 402 g/mol. The second-order valence-electron chi connectivity index (χ2n) is 7.53. The Morgan fingerprint density at radius 1 is 1.13 bits per heavy atom. The molecule has 1 unspecified atom stereocenters. The molecule has 2 amide bonds. The van der Waals surface area contributed by atoms with E-state index in [4.69, 9.17) is 0 Å². The Morgan fingerprint density at radius 2 is 1.87 bits per heavy atom. The van der Waals surface area contributed by atoms with Gasteiger partial charge in [0.2, 0.25) is 11.8 Å². The average Bonchev–Trinajstić information content (AvgIpc) is 3.04. The Bertz CT molecular complexity index is 1160. The summed E-state index contributed by atoms with van der Waals surface area (Å²) in [6, 6.07) is 13.9. The van der Waals surface area contributed by atoms with Gasteiger partial charge in [-0.05, 0) is 32.9 Å². The van der Waals surface area contributed by atoms with Gasteiger partial charge in [0.05, 0.1) is 12.1 Å². The third-order valence-electron chi connectivity index (χ3n) is 5.24. The molecule has 0 radical (unpaired) electrons. The topological polar surface area (TPSA) is 93.1 Å². The lowest BCUT2D eigenvalue weighted by Gasteiger charge is -2.24. The van der Waals surface area contributed by atoms with Crippen LogP contribution in [0.3, 0.4) is 0 Å². The van der Waals surface area contributed by atoms with E-state index in [-0.39, 0.29) is 24.0 Å². The van der Waals surface area contributed by atoms with Crippen molar-refractivity contribution in [3.63, 3.8) is 0 Å². The summed E-state index contributed by atoms with van der Waals surface area (Å²) in [4.78, 5) is 36.9. The molecule has 3 aromatic rings. The van der Waals surface area contributed by atoms with Crippen LogP contribution in [0.15, 0.2) is 48.5 Å². The first-order valence-corrected chi connectivity index (χ1v) is 9.71. The molecule has 0 saturated heterocycles. The van der Waals surface area contributed by atoms with Gasteiger partial charge < -0.3 is 10.6 Å². The van der Waals surface area contributed by atoms with E-state index in [2.05, 4.69) is 15.7 Å². The molecule has 7 nitrogen and oxygen atoms in total. The molecule has 152 valence electrons. The number of hydrogen-bond donors (Lipinski definition) is 2. The fourth-order valence-electron chi connectivity index (χ4n) is 3.57. The van der Waals surface area contributed by atoms with Crippen LogP contribution in [-0.4, -0.2) is 27.4 Å². The number of carbonyl (C=O) groups is 3. The van der Waals surface area contributed by atoms with Crippen LogP contribution in [0.2, 0.25) is 0 Å². The van der Waals surface area contributed by atoms with E-state index in [1.165, 1.54) is 6.92 Å². The Hall–Kier alpha value is -3.74. The molecule has 0 spiro atoms. The molecule has 0 aliphatic carbocycles. The number of fused-ring (bicyclic) bond motifs is 1. The minimum Gasteiger partial charge on any atom is -0.324 e. The zero-order chi connectivity index (χ0) is 21.4. The van der Waals surface area contributed by atoms with Gasteiger partial charge in [0.15, 0.2) is 5.78 Å². The van der Waals surface area contributed by atoms with Gasteiger partial charge in [-0.3, -0.25) is 14.4 Å². The highest BCUT2D eigenvalue weighted by molar-refractivity contribution is 6.02. The predicted molar refractivity (Wildman–Crippen MR) is 114 cm³/mol. The number of hydrogen-bond acceptors (Lipinski definition) is 4. The second-order valence-corrected chi connectivity index (χ2v) is 7.53. The number of rotatable bonds is 4. The van der Waals surface area contributed by atoms with E-state index in [9.17, 15) is 14.4 Å². The Morgan fingerprint density at radius 3 is 2.57 bits per heavy atom. The van der Waals surface area contributed by atoms with Gasteiger partial charge in [-0.25, -0.2) is 4.68 Å². The normalized spacial score (nSPS) is 15.3. The van der Waals surface area contributed by atoms with E-state index < -0.39 is 6.04 Å². The number of aryl methyl sites for hydroxylation is 1. The van der Waals surface area contributed by atoms with Crippen molar-refractivity contribution >= 4 is 29.1 Å². The van der Waals surface area contributed by atoms with Crippen molar-refractivity contribution in [2.45, 2.75) is 33.2 Å². The lowest BCUT2D eigenvalue weighted by molar-refractivity contribution is -0.125. The lowest BCUT2D eigenvalue weighted by Crippen LogP contribution is -2.36. The summed E-state index contributed by atoms with van der Waals surface area (Å²) in [5.41, 5.74) is 4.60. The summed E-state index contributed by atoms with van der Waals surface area (Å²) < 4.78 is 1.58. The summed E-state index contributed by atoms with van der Waals surface area (Å²) in [7, 11) is 0. The van der Waals surface area contributed by atoms with Crippen LogP contribution in [0.25, 0.3) is 11.3 Å². The van der Waals surface area contributed by atoms with Crippen LogP contribution in [0.4, 0.5) is 11.5 Å². The first-order valence-electron chi connectivity index (χ1n) is 9.71. The molecule has 4 rings (SSSR count). The first-order chi connectivity index (χ1) is 14.3. The Balaban J connectivity index is 1.68. The highest BCUT2D eigenvalue weighted by Crippen LogP contribution is 2.34. The number of nitrogens with zero attached hydrogens (tertiary/aromatic N) is 2. The smallest absolute Gasteiger partial charge is 0.249 e. The number of Topliss-reactive ketones (excluding diaryl/α,β-unsaturated/α-hetero) is 1. The minimum absolute atomic E-state index is 0.0142. The fourth-order valence-corrected chi connectivity index (χ4v) is 3.57. The molecule has 0 fully saturated rings. The zero-order valence-electron chi connectivity index (χ0n) is 17.0. The van der Waals surface area contributed by atoms with E-state index in [0.717, 1.165) is 22.4 Å². The summed E-state index contributed by atoms with van der Waals surface area (Å²) in [5.74, 6) is -0.154. The molecule has 2 N–H and O–H groups in total. The Kier molecular flexibility index (Phi) is 4.95. The highest BCUT2D eigenvalue weighted by atomic mass is 16.2. The standard InChI is InChI=1S/C23H22N4O3/c1-13-7-9-16(10-8-13)21-14(2)22-25-20(29)12-19(27(22)26-21)23(30)24-18-6-4-5-17(11-18)15(3)28/h4-11,19H,12H2,1-3H3,(H,24,30)(H,25,29). The molecule has 30 heavy (non-hydrogen) atoms. The first kappa shape index (κ1) is 19.6. The molecule has 7 heteroatoms. The number of amides is 2. The van der Waals surface area contributed by atoms with Crippen molar-refractivity contribution in [3.8, 4) is 11.3 Å². The van der Waals surface area contributed by atoms with Gasteiger partial charge in [0.25, 0.3) is 0 Å². The SMILES string of the molecule is CC(=O)c1cccc(NC(=O)C2CC(=O)Nc3c(C)c(-c4ccc(C)cc4)nn32)c1. The van der Waals surface area contributed by atoms with Crippen molar-refractivity contribution in [1.82, 2.24) is 9.78 Å². The van der Waals surface area contributed by atoms with Crippen molar-refractivity contribution in [2.24, 2.45) is 0 Å². The van der Waals surface area contributed by atoms with E-state index in [1.807, 2.05) is 38.1 Å². The van der Waals surface area contributed by atoms with Crippen LogP contribution in [-0.2, 0) is 9.59 Å². The molecule has 1 aliphatic rings. The molecular formula is C23H22N4O3. The summed E-state index contributed by atoms with van der Waals surface area (Å²) in [6.45, 7) is 5.36. The van der Waals surface area contributed by atoms with Crippen LogP contribution in [0, 0.1) is 13.8 Å². The van der Waals surface area contributed by atoms with Gasteiger partial charge in [0.1, 0.15) is 11.9 Å². The van der Waals surface area contributed by atoms with Crippen LogP contribution in [0.1, 0.15) is 40.9 Å². The lowest BCUT2D eigenvalue weighted by atomic mass is 10.1. The van der Waals surface area contributed by atoms with E-state index >= 15 is 0 Å². The molecule has 1 aromatic heterocycles. The van der Waals surface area contributed by atoms with Crippen LogP contribution < -0.4 is 10.6 Å². The number of benzene rings is 2. The van der Waals surface area contributed by atoms with Gasteiger partial charge in [-0.15, -0.1) is 0 Å². The molecule has 0 bridgehead atoms. The highest BCUT2D eigenvalue weighted by Gasteiger charge is 2.34. The van der Waals surface area contributed by atoms with Crippen LogP contribution in [0.5, 0.6) is 0 Å². The number of carbonyl (C=O) groups excluding carboxylic acids is 3. The maximum Gasteiger partial charge on any atom is 0.249 e. The van der Waals surface area contributed by atoms with Gasteiger partial charge in [0, 0.05) is 22.4 Å². The summed E-state index contributed by atoms with van der Waals surface area (Å²) in [5, 5.41) is 10.3. The minimum atomic E-state index is -0.785.